The molecule has 1 aliphatic rings. The number of nitrogens with one attached hydrogen (secondary N) is 1. The molecule has 1 saturated heterocycles. The van der Waals surface area contributed by atoms with Gasteiger partial charge >= 0.3 is 12.0 Å². The van der Waals surface area contributed by atoms with E-state index in [-0.39, 0.29) is 17.3 Å². The Morgan fingerprint density at radius 2 is 2.17 bits per heavy atom. The van der Waals surface area contributed by atoms with Crippen molar-refractivity contribution in [1.29, 1.82) is 0 Å². The van der Waals surface area contributed by atoms with Crippen LogP contribution in [0.15, 0.2) is 0 Å². The van der Waals surface area contributed by atoms with E-state index in [4.69, 9.17) is 5.11 Å². The van der Waals surface area contributed by atoms with E-state index in [0.717, 1.165) is 12.3 Å². The number of rotatable bonds is 4. The number of carbonyl (C=O) groups excluding carboxylic acids is 1. The molecular weight excluding hydrogens is 252 g/mol. The van der Waals surface area contributed by atoms with Gasteiger partial charge in [-0.2, -0.15) is 11.8 Å². The minimum atomic E-state index is -0.854. The zero-order chi connectivity index (χ0) is 13.8. The van der Waals surface area contributed by atoms with Crippen LogP contribution >= 0.6 is 11.8 Å². The highest BCUT2D eigenvalue weighted by atomic mass is 32.2. The Bertz CT molecular complexity index is 320. The smallest absolute Gasteiger partial charge is 0.317 e. The van der Waals surface area contributed by atoms with E-state index in [1.54, 1.807) is 4.90 Å². The lowest BCUT2D eigenvalue weighted by molar-refractivity contribution is -0.141. The van der Waals surface area contributed by atoms with E-state index in [2.05, 4.69) is 19.2 Å². The lowest BCUT2D eigenvalue weighted by Gasteiger charge is -2.37. The van der Waals surface area contributed by atoms with Crippen LogP contribution in [-0.4, -0.2) is 52.1 Å². The Labute approximate surface area is 112 Å². The molecule has 2 N–H and O–H groups in total. The molecule has 1 fully saturated rings. The second-order valence-electron chi connectivity index (χ2n) is 5.16. The molecule has 5 nitrogen and oxygen atoms in total. The molecule has 1 atom stereocenters. The van der Waals surface area contributed by atoms with Gasteiger partial charge in [-0.25, -0.2) is 4.79 Å². The Hall–Kier alpha value is -0.910. The topological polar surface area (TPSA) is 69.6 Å². The van der Waals surface area contributed by atoms with Crippen molar-refractivity contribution >= 4 is 23.8 Å². The number of carbonyl (C=O) groups is 2. The number of amides is 2. The van der Waals surface area contributed by atoms with E-state index < -0.39 is 11.9 Å². The van der Waals surface area contributed by atoms with Gasteiger partial charge in [-0.1, -0.05) is 6.92 Å². The minimum absolute atomic E-state index is 0.0759. The molecule has 0 radical (unpaired) electrons. The molecule has 1 aliphatic heterocycles. The van der Waals surface area contributed by atoms with Crippen molar-refractivity contribution in [3.63, 3.8) is 0 Å². The molecule has 1 unspecified atom stereocenters. The molecule has 0 spiro atoms. The third-order valence-corrected chi connectivity index (χ3v) is 4.35. The summed E-state index contributed by atoms with van der Waals surface area (Å²) in [7, 11) is 0. The van der Waals surface area contributed by atoms with Gasteiger partial charge in [0.1, 0.15) is 0 Å². The Kier molecular flexibility index (Phi) is 5.31. The van der Waals surface area contributed by atoms with Gasteiger partial charge in [-0.3, -0.25) is 4.79 Å². The highest BCUT2D eigenvalue weighted by molar-refractivity contribution is 8.00. The van der Waals surface area contributed by atoms with Crippen molar-refractivity contribution in [3.05, 3.63) is 0 Å². The summed E-state index contributed by atoms with van der Waals surface area (Å²) in [6.45, 7) is 7.67. The summed E-state index contributed by atoms with van der Waals surface area (Å²) in [5, 5.41) is 11.6. The zero-order valence-electron chi connectivity index (χ0n) is 11.2. The second-order valence-corrected chi connectivity index (χ2v) is 6.96. The summed E-state index contributed by atoms with van der Waals surface area (Å²) >= 11 is 1.86. The summed E-state index contributed by atoms with van der Waals surface area (Å²) in [5.41, 5.74) is 0. The number of urea groups is 1. The van der Waals surface area contributed by atoms with Crippen LogP contribution in [-0.2, 0) is 4.79 Å². The number of hydrogen-bond acceptors (Lipinski definition) is 3. The number of aliphatic carboxylic acids is 1. The lowest BCUT2D eigenvalue weighted by Crippen LogP contribution is -2.51. The summed E-state index contributed by atoms with van der Waals surface area (Å²) in [6.07, 6.45) is 0.525. The molecule has 6 heteroatoms. The van der Waals surface area contributed by atoms with Crippen LogP contribution in [0.3, 0.4) is 0 Å². The van der Waals surface area contributed by atoms with E-state index in [1.807, 2.05) is 18.7 Å². The molecule has 0 aromatic rings. The molecule has 0 bridgehead atoms. The molecule has 18 heavy (non-hydrogen) atoms. The second kappa shape index (κ2) is 6.31. The van der Waals surface area contributed by atoms with Gasteiger partial charge in [0.2, 0.25) is 0 Å². The fourth-order valence-corrected chi connectivity index (χ4v) is 3.03. The molecule has 104 valence electrons. The molecule has 0 aromatic carbocycles. The maximum Gasteiger partial charge on any atom is 0.317 e. The molecule has 0 aliphatic carbocycles. The zero-order valence-corrected chi connectivity index (χ0v) is 12.0. The third-order valence-electron chi connectivity index (χ3n) is 3.05. The fraction of sp³-hybridized carbons (Fsp3) is 0.833. The maximum atomic E-state index is 11.9. The van der Waals surface area contributed by atoms with Crippen molar-refractivity contribution in [1.82, 2.24) is 10.2 Å². The summed E-state index contributed by atoms with van der Waals surface area (Å²) in [4.78, 5) is 24.6. The van der Waals surface area contributed by atoms with Crippen LogP contribution in [0.1, 0.15) is 27.2 Å². The SMILES string of the molecule is CCC(CNC(=O)N1CCSC(C)(C)C1)C(=O)O. The predicted molar refractivity (Wildman–Crippen MR) is 72.9 cm³/mol. The summed E-state index contributed by atoms with van der Waals surface area (Å²) in [6, 6.07) is -0.150. The molecule has 2 amide bonds. The maximum absolute atomic E-state index is 11.9. The van der Waals surface area contributed by atoms with Crippen LogP contribution in [0.2, 0.25) is 0 Å². The number of carboxylic acids is 1. The van der Waals surface area contributed by atoms with Crippen LogP contribution in [0.25, 0.3) is 0 Å². The largest absolute Gasteiger partial charge is 0.481 e. The number of hydrogen-bond donors (Lipinski definition) is 2. The Balaban J connectivity index is 2.43. The molecule has 0 saturated carbocycles. The first-order chi connectivity index (χ1) is 8.35. The van der Waals surface area contributed by atoms with Crippen molar-refractivity contribution in [2.45, 2.75) is 31.9 Å². The Morgan fingerprint density at radius 3 is 2.67 bits per heavy atom. The normalized spacial score (nSPS) is 20.3. The highest BCUT2D eigenvalue weighted by Crippen LogP contribution is 2.29. The van der Waals surface area contributed by atoms with Crippen LogP contribution in [0.5, 0.6) is 0 Å². The van der Waals surface area contributed by atoms with Crippen molar-refractivity contribution in [2.24, 2.45) is 5.92 Å². The monoisotopic (exact) mass is 274 g/mol. The third kappa shape index (κ3) is 4.40. The first-order valence-corrected chi connectivity index (χ1v) is 7.24. The van der Waals surface area contributed by atoms with Gasteiger partial charge in [0, 0.05) is 30.1 Å². The van der Waals surface area contributed by atoms with E-state index in [1.165, 1.54) is 0 Å². The van der Waals surface area contributed by atoms with Crippen molar-refractivity contribution in [3.8, 4) is 0 Å². The van der Waals surface area contributed by atoms with Crippen LogP contribution in [0.4, 0.5) is 4.79 Å². The average Bonchev–Trinajstić information content (AvgIpc) is 2.27. The van der Waals surface area contributed by atoms with Gasteiger partial charge in [-0.15, -0.1) is 0 Å². The minimum Gasteiger partial charge on any atom is -0.481 e. The van der Waals surface area contributed by atoms with Gasteiger partial charge in [0.05, 0.1) is 5.92 Å². The predicted octanol–water partition coefficient (Wildman–Crippen LogP) is 1.63. The first kappa shape index (κ1) is 15.1. The number of nitrogens with zero attached hydrogens (tertiary/aromatic N) is 1. The Morgan fingerprint density at radius 1 is 1.50 bits per heavy atom. The molecule has 0 aromatic heterocycles. The summed E-state index contributed by atoms with van der Waals surface area (Å²) in [5.74, 6) is -0.426. The lowest BCUT2D eigenvalue weighted by atomic mass is 10.1. The standard InChI is InChI=1S/C12H22N2O3S/c1-4-9(10(15)16)7-13-11(17)14-5-6-18-12(2,3)8-14/h9H,4-8H2,1-3H3,(H,13,17)(H,15,16). The van der Waals surface area contributed by atoms with E-state index >= 15 is 0 Å². The van der Waals surface area contributed by atoms with Gasteiger partial charge in [0.15, 0.2) is 0 Å². The molecular formula is C12H22N2O3S. The van der Waals surface area contributed by atoms with E-state index in [9.17, 15) is 9.59 Å². The van der Waals surface area contributed by atoms with Crippen LogP contribution < -0.4 is 5.32 Å². The van der Waals surface area contributed by atoms with Gasteiger partial charge < -0.3 is 15.3 Å². The highest BCUT2D eigenvalue weighted by Gasteiger charge is 2.30. The number of carboxylic acid groups (broad SMARTS) is 1. The first-order valence-electron chi connectivity index (χ1n) is 6.25. The molecule has 1 rings (SSSR count). The van der Waals surface area contributed by atoms with Crippen molar-refractivity contribution in [2.75, 3.05) is 25.4 Å². The quantitative estimate of drug-likeness (QED) is 0.817. The van der Waals surface area contributed by atoms with Crippen LogP contribution in [0, 0.1) is 5.92 Å². The number of thioether (sulfide) groups is 1. The molecule has 1 heterocycles. The fourth-order valence-electron chi connectivity index (χ4n) is 1.92. The van der Waals surface area contributed by atoms with E-state index in [0.29, 0.717) is 13.0 Å². The van der Waals surface area contributed by atoms with Crippen molar-refractivity contribution < 1.29 is 14.7 Å². The van der Waals surface area contributed by atoms with Gasteiger partial charge in [-0.05, 0) is 20.3 Å². The average molecular weight is 274 g/mol. The summed E-state index contributed by atoms with van der Waals surface area (Å²) < 4.78 is 0.0759. The van der Waals surface area contributed by atoms with Gasteiger partial charge in [0.25, 0.3) is 0 Å².